The normalized spacial score (nSPS) is 9.88. The molecule has 0 unspecified atom stereocenters. The Morgan fingerprint density at radius 2 is 1.84 bits per heavy atom. The van der Waals surface area contributed by atoms with E-state index in [1.165, 1.54) is 6.07 Å². The number of ketones is 1. The maximum Gasteiger partial charge on any atom is 0.303 e. The van der Waals surface area contributed by atoms with Crippen LogP contribution < -0.4 is 5.73 Å². The number of carbonyl (C=O) groups is 2. The lowest BCUT2D eigenvalue weighted by Gasteiger charge is -2.02. The summed E-state index contributed by atoms with van der Waals surface area (Å²) < 4.78 is 0. The molecule has 10 heteroatoms. The van der Waals surface area contributed by atoms with E-state index in [0.717, 1.165) is 0 Å². The summed E-state index contributed by atoms with van der Waals surface area (Å²) in [6.45, 7) is -0.0622. The van der Waals surface area contributed by atoms with Crippen molar-refractivity contribution in [3.05, 3.63) is 50.8 Å². The van der Waals surface area contributed by atoms with Gasteiger partial charge < -0.3 is 15.8 Å². The Bertz CT molecular complexity index is 776. The minimum absolute atomic E-state index is 0.0475. The van der Waals surface area contributed by atoms with E-state index in [1.54, 1.807) is 24.5 Å². The number of para-hydroxylation sites is 1. The molecule has 1 aromatic carbocycles. The van der Waals surface area contributed by atoms with Crippen molar-refractivity contribution < 1.29 is 19.6 Å². The molecule has 2 rings (SSSR count). The van der Waals surface area contributed by atoms with Crippen LogP contribution >= 0.6 is 23.2 Å². The van der Waals surface area contributed by atoms with Gasteiger partial charge in [-0.2, -0.15) is 0 Å². The molecule has 0 saturated carbocycles. The molecule has 0 aliphatic heterocycles. The quantitative estimate of drug-likeness (QED) is 0.513. The molecule has 25 heavy (non-hydrogen) atoms. The highest BCUT2D eigenvalue weighted by Crippen LogP contribution is 2.38. The van der Waals surface area contributed by atoms with Crippen LogP contribution in [0.2, 0.25) is 10.0 Å². The summed E-state index contributed by atoms with van der Waals surface area (Å²) in [6.07, 6.45) is 3.09. The first-order chi connectivity index (χ1) is 11.8. The number of nitrogens with zero attached hydrogens (tertiary/aromatic N) is 1. The second kappa shape index (κ2) is 9.77. The van der Waals surface area contributed by atoms with Gasteiger partial charge in [-0.1, -0.05) is 29.3 Å². The zero-order valence-electron chi connectivity index (χ0n) is 12.9. The standard InChI is InChI=1S/C10H6Cl2N2O2.C5H9NO3/c11-8-3-1-2-6(10(8)14(15)16)7-4-13-5-9(7)12;6-3-4(7)1-2-5(8)9/h1-5,13H;1-3,6H2,(H,8,9). The van der Waals surface area contributed by atoms with Gasteiger partial charge in [0, 0.05) is 24.4 Å². The molecule has 0 spiro atoms. The summed E-state index contributed by atoms with van der Waals surface area (Å²) in [5.74, 6) is -1.17. The van der Waals surface area contributed by atoms with Crippen LogP contribution in [0.3, 0.4) is 0 Å². The smallest absolute Gasteiger partial charge is 0.303 e. The van der Waals surface area contributed by atoms with Crippen LogP contribution in [0.5, 0.6) is 0 Å². The van der Waals surface area contributed by atoms with Gasteiger partial charge >= 0.3 is 5.97 Å². The number of halogens is 2. The van der Waals surface area contributed by atoms with Gasteiger partial charge in [-0.05, 0) is 12.1 Å². The molecule has 134 valence electrons. The lowest BCUT2D eigenvalue weighted by Crippen LogP contribution is -2.14. The average molecular weight is 388 g/mol. The maximum absolute atomic E-state index is 10.9. The van der Waals surface area contributed by atoms with Crippen molar-refractivity contribution in [2.24, 2.45) is 5.73 Å². The SMILES string of the molecule is NCC(=O)CCC(=O)O.O=[N+]([O-])c1c(Cl)cccc1-c1c[nH]cc1Cl. The van der Waals surface area contributed by atoms with Crippen molar-refractivity contribution in [2.45, 2.75) is 12.8 Å². The Balaban J connectivity index is 0.000000299. The van der Waals surface area contributed by atoms with E-state index in [0.29, 0.717) is 16.1 Å². The molecular formula is C15H15Cl2N3O5. The number of hydrogen-bond donors (Lipinski definition) is 3. The molecule has 0 amide bonds. The molecule has 0 saturated heterocycles. The van der Waals surface area contributed by atoms with E-state index < -0.39 is 10.9 Å². The third-order valence-electron chi connectivity index (χ3n) is 3.00. The van der Waals surface area contributed by atoms with Crippen LogP contribution in [0.15, 0.2) is 30.6 Å². The fourth-order valence-electron chi connectivity index (χ4n) is 1.82. The third-order valence-corrected chi connectivity index (χ3v) is 3.62. The lowest BCUT2D eigenvalue weighted by molar-refractivity contribution is -0.384. The van der Waals surface area contributed by atoms with E-state index >= 15 is 0 Å². The number of carboxylic acids is 1. The number of aromatic amines is 1. The Morgan fingerprint density at radius 3 is 2.32 bits per heavy atom. The van der Waals surface area contributed by atoms with E-state index in [1.807, 2.05) is 0 Å². The van der Waals surface area contributed by atoms with Crippen LogP contribution in [0.1, 0.15) is 12.8 Å². The largest absolute Gasteiger partial charge is 0.481 e. The number of Topliss-reactive ketones (excluding diaryl/α,β-unsaturated/α-hetero) is 1. The van der Waals surface area contributed by atoms with E-state index in [2.05, 4.69) is 4.98 Å². The zero-order valence-corrected chi connectivity index (χ0v) is 14.4. The lowest BCUT2D eigenvalue weighted by atomic mass is 10.1. The molecule has 1 heterocycles. The third kappa shape index (κ3) is 6.18. The van der Waals surface area contributed by atoms with Crippen LogP contribution in [0, 0.1) is 10.1 Å². The fourth-order valence-corrected chi connectivity index (χ4v) is 2.28. The number of nitro benzene ring substituents is 1. The summed E-state index contributed by atoms with van der Waals surface area (Å²) >= 11 is 11.7. The molecule has 8 nitrogen and oxygen atoms in total. The van der Waals surface area contributed by atoms with Crippen LogP contribution in [-0.4, -0.2) is 33.3 Å². The Morgan fingerprint density at radius 1 is 1.16 bits per heavy atom. The predicted molar refractivity (Wildman–Crippen MR) is 93.8 cm³/mol. The molecule has 0 radical (unpaired) electrons. The number of nitrogens with two attached hydrogens (primary N) is 1. The van der Waals surface area contributed by atoms with E-state index in [-0.39, 0.29) is 35.9 Å². The molecule has 0 fully saturated rings. The molecule has 1 aromatic heterocycles. The number of aromatic nitrogens is 1. The van der Waals surface area contributed by atoms with E-state index in [4.69, 9.17) is 34.0 Å². The van der Waals surface area contributed by atoms with Crippen molar-refractivity contribution >= 4 is 40.6 Å². The van der Waals surface area contributed by atoms with Crippen molar-refractivity contribution in [1.29, 1.82) is 0 Å². The Hall–Kier alpha value is -2.42. The monoisotopic (exact) mass is 387 g/mol. The van der Waals surface area contributed by atoms with Crippen molar-refractivity contribution in [3.8, 4) is 11.1 Å². The number of carbonyl (C=O) groups excluding carboxylic acids is 1. The highest BCUT2D eigenvalue weighted by atomic mass is 35.5. The van der Waals surface area contributed by atoms with Gasteiger partial charge in [0.1, 0.15) is 10.8 Å². The maximum atomic E-state index is 10.9. The van der Waals surface area contributed by atoms with Crippen LogP contribution in [0.25, 0.3) is 11.1 Å². The minimum atomic E-state index is -0.961. The highest BCUT2D eigenvalue weighted by molar-refractivity contribution is 6.35. The van der Waals surface area contributed by atoms with Crippen LogP contribution in [-0.2, 0) is 9.59 Å². The van der Waals surface area contributed by atoms with Gasteiger partial charge in [0.05, 0.1) is 28.5 Å². The molecule has 0 atom stereocenters. The number of aliphatic carboxylic acids is 1. The summed E-state index contributed by atoms with van der Waals surface area (Å²) in [6, 6.07) is 4.73. The number of rotatable bonds is 6. The summed E-state index contributed by atoms with van der Waals surface area (Å²) in [5, 5.41) is 19.5. The zero-order chi connectivity index (χ0) is 19.0. The molecule has 2 aromatic rings. The van der Waals surface area contributed by atoms with Crippen molar-refractivity contribution in [3.63, 3.8) is 0 Å². The fraction of sp³-hybridized carbons (Fsp3) is 0.200. The second-order valence-electron chi connectivity index (χ2n) is 4.75. The first-order valence-electron chi connectivity index (χ1n) is 6.97. The van der Waals surface area contributed by atoms with Crippen LogP contribution in [0.4, 0.5) is 5.69 Å². The minimum Gasteiger partial charge on any atom is -0.481 e. The van der Waals surface area contributed by atoms with Gasteiger partial charge in [-0.15, -0.1) is 0 Å². The molecule has 0 aliphatic rings. The predicted octanol–water partition coefficient (Wildman–Crippen LogP) is 3.28. The van der Waals surface area contributed by atoms with Crippen molar-refractivity contribution in [2.75, 3.05) is 6.54 Å². The molecule has 4 N–H and O–H groups in total. The molecular weight excluding hydrogens is 373 g/mol. The van der Waals surface area contributed by atoms with Gasteiger partial charge in [-0.3, -0.25) is 19.7 Å². The number of hydrogen-bond acceptors (Lipinski definition) is 5. The molecule has 0 aliphatic carbocycles. The number of nitro groups is 1. The van der Waals surface area contributed by atoms with Gasteiger partial charge in [-0.25, -0.2) is 0 Å². The summed E-state index contributed by atoms with van der Waals surface area (Å²) in [7, 11) is 0. The van der Waals surface area contributed by atoms with Gasteiger partial charge in [0.2, 0.25) is 0 Å². The number of H-pyrrole nitrogens is 1. The summed E-state index contributed by atoms with van der Waals surface area (Å²) in [4.78, 5) is 33.3. The van der Waals surface area contributed by atoms with Gasteiger partial charge in [0.25, 0.3) is 5.69 Å². The Labute approximate surface area is 152 Å². The summed E-state index contributed by atoms with van der Waals surface area (Å²) in [5.41, 5.74) is 5.75. The number of carboxylic acid groups (broad SMARTS) is 1. The number of benzene rings is 1. The van der Waals surface area contributed by atoms with Gasteiger partial charge in [0.15, 0.2) is 0 Å². The first kappa shape index (κ1) is 20.6. The highest BCUT2D eigenvalue weighted by Gasteiger charge is 2.21. The number of nitrogens with one attached hydrogen (secondary N) is 1. The Kier molecular flexibility index (Phi) is 8.06. The van der Waals surface area contributed by atoms with Crippen molar-refractivity contribution in [1.82, 2.24) is 4.98 Å². The van der Waals surface area contributed by atoms with E-state index in [9.17, 15) is 19.7 Å². The molecule has 0 bridgehead atoms. The average Bonchev–Trinajstić information content (AvgIpc) is 2.98. The first-order valence-corrected chi connectivity index (χ1v) is 7.72. The topological polar surface area (TPSA) is 139 Å². The second-order valence-corrected chi connectivity index (χ2v) is 5.56.